The third-order valence-corrected chi connectivity index (χ3v) is 2.87. The highest BCUT2D eigenvalue weighted by Gasteiger charge is 2.28. The first-order valence-electron chi connectivity index (χ1n) is 7.18. The molecule has 0 spiro atoms. The number of aromatic nitrogens is 1. The smallest absolute Gasteiger partial charge is 0.357 e. The topological polar surface area (TPSA) is 107 Å². The number of amides is 2. The Morgan fingerprint density at radius 3 is 2.74 bits per heavy atom. The highest BCUT2D eigenvalue weighted by atomic mass is 16.6. The standard InChI is InChI=1S/C15H19N3O5/c1-15(2,3)23-13(20)11-8-9(4-6-16-11)17-14(21)18-10-5-7-22-12(10)19/h4,6,8,10H,5,7H2,1-3H3,(H2,16,17,18,21)/t10-/m0/s1. The molecule has 0 aromatic carbocycles. The molecule has 0 saturated carbocycles. The minimum Gasteiger partial charge on any atom is -0.464 e. The van der Waals surface area contributed by atoms with Crippen LogP contribution in [0.3, 0.4) is 0 Å². The lowest BCUT2D eigenvalue weighted by atomic mass is 10.2. The Balaban J connectivity index is 1.98. The number of ether oxygens (including phenoxy) is 2. The van der Waals surface area contributed by atoms with E-state index in [1.54, 1.807) is 20.8 Å². The first-order chi connectivity index (χ1) is 10.7. The maximum atomic E-state index is 11.9. The third-order valence-electron chi connectivity index (χ3n) is 2.87. The van der Waals surface area contributed by atoms with E-state index in [2.05, 4.69) is 15.6 Å². The van der Waals surface area contributed by atoms with Crippen molar-refractivity contribution in [3.63, 3.8) is 0 Å². The maximum absolute atomic E-state index is 11.9. The molecule has 2 heterocycles. The molecule has 8 nitrogen and oxygen atoms in total. The molecule has 1 atom stereocenters. The fourth-order valence-electron chi connectivity index (χ4n) is 1.90. The SMILES string of the molecule is CC(C)(C)OC(=O)c1cc(NC(=O)N[C@H]2CCOC2=O)ccn1. The van der Waals surface area contributed by atoms with Crippen LogP contribution in [0.5, 0.6) is 0 Å². The summed E-state index contributed by atoms with van der Waals surface area (Å²) in [5.74, 6) is -1.04. The van der Waals surface area contributed by atoms with Gasteiger partial charge in [-0.05, 0) is 32.9 Å². The lowest BCUT2D eigenvalue weighted by molar-refractivity contribution is -0.139. The van der Waals surface area contributed by atoms with Crippen LogP contribution in [0.1, 0.15) is 37.7 Å². The normalized spacial score (nSPS) is 17.3. The van der Waals surface area contributed by atoms with Crippen molar-refractivity contribution in [2.24, 2.45) is 0 Å². The largest absolute Gasteiger partial charge is 0.464 e. The van der Waals surface area contributed by atoms with Crippen LogP contribution in [-0.4, -0.2) is 41.2 Å². The Hall–Kier alpha value is -2.64. The van der Waals surface area contributed by atoms with Crippen molar-refractivity contribution < 1.29 is 23.9 Å². The first kappa shape index (κ1) is 16.7. The van der Waals surface area contributed by atoms with E-state index in [0.29, 0.717) is 18.7 Å². The Bertz CT molecular complexity index is 624. The molecule has 0 radical (unpaired) electrons. The van der Waals surface area contributed by atoms with E-state index in [9.17, 15) is 14.4 Å². The number of nitrogens with zero attached hydrogens (tertiary/aromatic N) is 1. The van der Waals surface area contributed by atoms with Gasteiger partial charge in [0, 0.05) is 18.3 Å². The second-order valence-electron chi connectivity index (χ2n) is 6.04. The molecule has 0 unspecified atom stereocenters. The number of nitrogens with one attached hydrogen (secondary N) is 2. The molecular formula is C15H19N3O5. The van der Waals surface area contributed by atoms with Crippen molar-refractivity contribution in [2.75, 3.05) is 11.9 Å². The van der Waals surface area contributed by atoms with Gasteiger partial charge in [0.2, 0.25) is 0 Å². The number of esters is 2. The van der Waals surface area contributed by atoms with Crippen molar-refractivity contribution in [1.29, 1.82) is 0 Å². The van der Waals surface area contributed by atoms with Gasteiger partial charge in [0.1, 0.15) is 17.3 Å². The average molecular weight is 321 g/mol. The lowest BCUT2D eigenvalue weighted by Gasteiger charge is -2.19. The number of carbonyl (C=O) groups excluding carboxylic acids is 3. The van der Waals surface area contributed by atoms with Gasteiger partial charge in [-0.1, -0.05) is 0 Å². The van der Waals surface area contributed by atoms with E-state index < -0.39 is 29.6 Å². The van der Waals surface area contributed by atoms with Gasteiger partial charge in [0.05, 0.1) is 6.61 Å². The van der Waals surface area contributed by atoms with Gasteiger partial charge in [-0.3, -0.25) is 0 Å². The van der Waals surface area contributed by atoms with Crippen LogP contribution in [0.4, 0.5) is 10.5 Å². The van der Waals surface area contributed by atoms with Crippen LogP contribution in [0, 0.1) is 0 Å². The number of rotatable bonds is 3. The van der Waals surface area contributed by atoms with Gasteiger partial charge in [0.25, 0.3) is 0 Å². The van der Waals surface area contributed by atoms with E-state index in [1.807, 2.05) is 0 Å². The molecule has 1 saturated heterocycles. The van der Waals surface area contributed by atoms with Crippen LogP contribution in [0.15, 0.2) is 18.3 Å². The highest BCUT2D eigenvalue weighted by Crippen LogP contribution is 2.14. The zero-order chi connectivity index (χ0) is 17.0. The summed E-state index contributed by atoms with van der Waals surface area (Å²) in [6, 6.07) is 1.72. The molecule has 1 aromatic rings. The van der Waals surface area contributed by atoms with Crippen molar-refractivity contribution in [2.45, 2.75) is 38.8 Å². The second-order valence-corrected chi connectivity index (χ2v) is 6.04. The van der Waals surface area contributed by atoms with E-state index in [0.717, 1.165) is 0 Å². The fourth-order valence-corrected chi connectivity index (χ4v) is 1.90. The zero-order valence-corrected chi connectivity index (χ0v) is 13.2. The summed E-state index contributed by atoms with van der Waals surface area (Å²) in [6.45, 7) is 5.55. The molecule has 8 heteroatoms. The van der Waals surface area contributed by atoms with Crippen molar-refractivity contribution in [3.05, 3.63) is 24.0 Å². The molecule has 1 aliphatic heterocycles. The first-order valence-corrected chi connectivity index (χ1v) is 7.18. The maximum Gasteiger partial charge on any atom is 0.357 e. The van der Waals surface area contributed by atoms with Gasteiger partial charge in [0.15, 0.2) is 0 Å². The van der Waals surface area contributed by atoms with E-state index in [-0.39, 0.29) is 5.69 Å². The molecule has 124 valence electrons. The summed E-state index contributed by atoms with van der Waals surface area (Å²) < 4.78 is 9.98. The molecule has 1 aromatic heterocycles. The Labute approximate surface area is 133 Å². The number of carbonyl (C=O) groups is 3. The molecule has 0 aliphatic carbocycles. The van der Waals surface area contributed by atoms with Crippen LogP contribution < -0.4 is 10.6 Å². The van der Waals surface area contributed by atoms with Crippen molar-refractivity contribution in [1.82, 2.24) is 10.3 Å². The van der Waals surface area contributed by atoms with Gasteiger partial charge in [-0.25, -0.2) is 19.4 Å². The predicted molar refractivity (Wildman–Crippen MR) is 80.9 cm³/mol. The molecule has 2 N–H and O–H groups in total. The zero-order valence-electron chi connectivity index (χ0n) is 13.2. The molecule has 2 rings (SSSR count). The Kier molecular flexibility index (Phi) is 4.83. The third kappa shape index (κ3) is 4.94. The Morgan fingerprint density at radius 1 is 1.39 bits per heavy atom. The average Bonchev–Trinajstić information content (AvgIpc) is 2.82. The minimum absolute atomic E-state index is 0.0815. The van der Waals surface area contributed by atoms with Crippen molar-refractivity contribution in [3.8, 4) is 0 Å². The van der Waals surface area contributed by atoms with Crippen LogP contribution in [-0.2, 0) is 14.3 Å². The van der Waals surface area contributed by atoms with Crippen molar-refractivity contribution >= 4 is 23.7 Å². The van der Waals surface area contributed by atoms with Crippen LogP contribution in [0.25, 0.3) is 0 Å². The van der Waals surface area contributed by atoms with Gasteiger partial charge in [-0.15, -0.1) is 0 Å². The number of urea groups is 1. The second kappa shape index (κ2) is 6.64. The summed E-state index contributed by atoms with van der Waals surface area (Å²) >= 11 is 0. The summed E-state index contributed by atoms with van der Waals surface area (Å²) in [5.41, 5.74) is -0.190. The number of pyridine rings is 1. The molecule has 0 bridgehead atoms. The lowest BCUT2D eigenvalue weighted by Crippen LogP contribution is -2.40. The summed E-state index contributed by atoms with van der Waals surface area (Å²) in [6.07, 6.45) is 1.82. The number of anilines is 1. The summed E-state index contributed by atoms with van der Waals surface area (Å²) in [5, 5.41) is 5.04. The van der Waals surface area contributed by atoms with Crippen LogP contribution in [0.2, 0.25) is 0 Å². The molecule has 2 amide bonds. The summed E-state index contributed by atoms with van der Waals surface area (Å²) in [7, 11) is 0. The van der Waals surface area contributed by atoms with E-state index >= 15 is 0 Å². The van der Waals surface area contributed by atoms with Crippen LogP contribution >= 0.6 is 0 Å². The number of cyclic esters (lactones) is 1. The minimum atomic E-state index is -0.651. The quantitative estimate of drug-likeness (QED) is 0.817. The van der Waals surface area contributed by atoms with Gasteiger partial charge < -0.3 is 20.1 Å². The predicted octanol–water partition coefficient (Wildman–Crippen LogP) is 1.47. The Morgan fingerprint density at radius 2 is 2.13 bits per heavy atom. The highest BCUT2D eigenvalue weighted by molar-refractivity contribution is 5.94. The fraction of sp³-hybridized carbons (Fsp3) is 0.467. The molecule has 1 aliphatic rings. The van der Waals surface area contributed by atoms with E-state index in [4.69, 9.17) is 9.47 Å². The van der Waals surface area contributed by atoms with Gasteiger partial charge in [-0.2, -0.15) is 0 Å². The monoisotopic (exact) mass is 321 g/mol. The molecule has 23 heavy (non-hydrogen) atoms. The van der Waals surface area contributed by atoms with Gasteiger partial charge >= 0.3 is 18.0 Å². The number of hydrogen-bond acceptors (Lipinski definition) is 6. The summed E-state index contributed by atoms with van der Waals surface area (Å²) in [4.78, 5) is 39.0. The molecular weight excluding hydrogens is 302 g/mol. The molecule has 1 fully saturated rings. The number of hydrogen-bond donors (Lipinski definition) is 2. The van der Waals surface area contributed by atoms with E-state index in [1.165, 1.54) is 18.3 Å².